The summed E-state index contributed by atoms with van der Waals surface area (Å²) < 4.78 is 34.9. The monoisotopic (exact) mass is 560 g/mol. The molecule has 1 N–H and O–H groups in total. The average Bonchev–Trinajstić information content (AvgIpc) is 3.61. The van der Waals surface area contributed by atoms with Crippen molar-refractivity contribution >= 4 is 12.0 Å². The van der Waals surface area contributed by atoms with E-state index in [-0.39, 0.29) is 18.6 Å². The molecule has 1 heterocycles. The summed E-state index contributed by atoms with van der Waals surface area (Å²) in [6, 6.07) is 5.47. The fourth-order valence-corrected chi connectivity index (χ4v) is 5.90. The molecule has 2 fully saturated rings. The Morgan fingerprint density at radius 1 is 1.15 bits per heavy atom. The molecule has 1 saturated carbocycles. The highest BCUT2D eigenvalue weighted by Gasteiger charge is 2.66. The van der Waals surface area contributed by atoms with Crippen LogP contribution in [0.15, 0.2) is 35.9 Å². The van der Waals surface area contributed by atoms with Gasteiger partial charge in [-0.25, -0.2) is 4.79 Å². The first-order valence-electron chi connectivity index (χ1n) is 14.3. The molecule has 2 aliphatic rings. The van der Waals surface area contributed by atoms with E-state index in [0.717, 1.165) is 18.4 Å². The Bertz CT molecular complexity index is 1030. The van der Waals surface area contributed by atoms with Crippen LogP contribution < -0.4 is 9.47 Å². The molecule has 1 aromatic rings. The topological polar surface area (TPSA) is 96.0 Å². The fraction of sp³-hybridized carbons (Fsp3) is 0.656. The largest absolute Gasteiger partial charge is 0.493 e. The van der Waals surface area contributed by atoms with Crippen LogP contribution in [0.5, 0.6) is 11.5 Å². The summed E-state index contributed by atoms with van der Waals surface area (Å²) in [5.41, 5.74) is 1.15. The van der Waals surface area contributed by atoms with Crippen LogP contribution in [0.1, 0.15) is 65.9 Å². The quantitative estimate of drug-likeness (QED) is 0.101. The number of ether oxygens (including phenoxy) is 6. The Morgan fingerprint density at radius 3 is 2.58 bits per heavy atom. The summed E-state index contributed by atoms with van der Waals surface area (Å²) in [4.78, 5) is 12.9. The highest BCUT2D eigenvalue weighted by Crippen LogP contribution is 2.57. The molecule has 8 heteroatoms. The molecule has 3 rings (SSSR count). The molecule has 1 aliphatic carbocycles. The van der Waals surface area contributed by atoms with E-state index in [1.165, 1.54) is 11.6 Å². The minimum atomic E-state index is -0.466. The summed E-state index contributed by atoms with van der Waals surface area (Å²) in [5.74, 6) is 0.602. The highest BCUT2D eigenvalue weighted by molar-refractivity contribution is 5.87. The number of carbonyl (C=O) groups excluding carboxylic acids is 1. The first kappa shape index (κ1) is 32.1. The number of allylic oxidation sites excluding steroid dienone is 1. The second kappa shape index (κ2) is 14.5. The number of rotatable bonds is 15. The number of aliphatic hydroxyl groups is 1. The maximum absolute atomic E-state index is 12.9. The number of hydrogen-bond acceptors (Lipinski definition) is 8. The van der Waals surface area contributed by atoms with E-state index < -0.39 is 29.2 Å². The van der Waals surface area contributed by atoms with E-state index >= 15 is 0 Å². The number of epoxide rings is 1. The van der Waals surface area contributed by atoms with E-state index in [4.69, 9.17) is 28.4 Å². The Kier molecular flexibility index (Phi) is 11.6. The Hall–Kier alpha value is -2.39. The van der Waals surface area contributed by atoms with Crippen LogP contribution in [0.2, 0.25) is 0 Å². The van der Waals surface area contributed by atoms with Gasteiger partial charge in [0.2, 0.25) is 0 Å². The number of esters is 1. The van der Waals surface area contributed by atoms with Crippen molar-refractivity contribution in [3.63, 3.8) is 0 Å². The third-order valence-corrected chi connectivity index (χ3v) is 8.12. The maximum Gasteiger partial charge on any atom is 0.331 e. The molecular formula is C32H48O8. The lowest BCUT2D eigenvalue weighted by Gasteiger charge is -2.49. The molecule has 0 spiro atoms. The van der Waals surface area contributed by atoms with E-state index in [1.807, 2.05) is 12.1 Å². The number of aliphatic hydroxyl groups excluding tert-OH is 1. The Labute approximate surface area is 239 Å². The van der Waals surface area contributed by atoms with E-state index in [2.05, 4.69) is 40.7 Å². The van der Waals surface area contributed by atoms with Crippen LogP contribution in [0, 0.1) is 11.3 Å². The first-order valence-corrected chi connectivity index (χ1v) is 14.3. The molecule has 1 aromatic carbocycles. The third-order valence-electron chi connectivity index (χ3n) is 8.12. The van der Waals surface area contributed by atoms with Crippen molar-refractivity contribution in [3.8, 4) is 11.5 Å². The van der Waals surface area contributed by atoms with Crippen molar-refractivity contribution in [1.29, 1.82) is 0 Å². The van der Waals surface area contributed by atoms with Gasteiger partial charge in [0.15, 0.2) is 11.5 Å². The van der Waals surface area contributed by atoms with Gasteiger partial charge in [0, 0.05) is 32.3 Å². The molecule has 6 atom stereocenters. The summed E-state index contributed by atoms with van der Waals surface area (Å²) >= 11 is 0. The lowest BCUT2D eigenvalue weighted by Crippen LogP contribution is -2.57. The number of hydrogen-bond donors (Lipinski definition) is 1. The van der Waals surface area contributed by atoms with Crippen LogP contribution in [-0.4, -0.2) is 75.6 Å². The summed E-state index contributed by atoms with van der Waals surface area (Å²) in [6.45, 7) is 12.0. The SMILES string of the molecule is CCCOCCOc1cc(/C=C/C(=O)O[C@@H]2CC[C@](C)(CO)[C@@H](C3(C)O[C@H]3CC=C(C)C)[C@@H]2OC)ccc1OC. The molecule has 8 nitrogen and oxygen atoms in total. The van der Waals surface area contributed by atoms with Gasteiger partial charge in [-0.3, -0.25) is 0 Å². The van der Waals surface area contributed by atoms with Gasteiger partial charge >= 0.3 is 5.97 Å². The summed E-state index contributed by atoms with van der Waals surface area (Å²) in [7, 11) is 3.23. The Balaban J connectivity index is 1.68. The number of methoxy groups -OCH3 is 2. The molecule has 40 heavy (non-hydrogen) atoms. The van der Waals surface area contributed by atoms with Crippen LogP contribution in [-0.2, 0) is 23.7 Å². The van der Waals surface area contributed by atoms with Crippen molar-refractivity contribution in [2.75, 3.05) is 40.6 Å². The van der Waals surface area contributed by atoms with Gasteiger partial charge in [0.25, 0.3) is 0 Å². The van der Waals surface area contributed by atoms with Gasteiger partial charge in [-0.1, -0.05) is 31.6 Å². The molecule has 0 aromatic heterocycles. The zero-order valence-corrected chi connectivity index (χ0v) is 25.2. The molecule has 0 bridgehead atoms. The van der Waals surface area contributed by atoms with Gasteiger partial charge in [-0.2, -0.15) is 0 Å². The van der Waals surface area contributed by atoms with E-state index in [9.17, 15) is 9.90 Å². The van der Waals surface area contributed by atoms with Crippen molar-refractivity contribution in [1.82, 2.24) is 0 Å². The minimum Gasteiger partial charge on any atom is -0.493 e. The Morgan fingerprint density at radius 2 is 1.93 bits per heavy atom. The average molecular weight is 561 g/mol. The molecule has 224 valence electrons. The van der Waals surface area contributed by atoms with Crippen molar-refractivity contribution in [2.45, 2.75) is 84.2 Å². The predicted octanol–water partition coefficient (Wildman–Crippen LogP) is 5.36. The first-order chi connectivity index (χ1) is 19.1. The second-order valence-corrected chi connectivity index (χ2v) is 11.5. The zero-order valence-electron chi connectivity index (χ0n) is 25.2. The number of carbonyl (C=O) groups is 1. The molecule has 0 radical (unpaired) electrons. The standard InChI is InChI=1S/C32H48O8/c1-8-17-37-18-19-38-26-20-23(10-12-24(26)35-6)11-14-28(34)39-25-15-16-31(4,21-33)30(29(25)36-7)32(5)27(40-32)13-9-22(2)3/h9-12,14,20,25,27,29-30,33H,8,13,15-19,21H2,1-7H3/b14-11+/t25-,27+,29-,30+,31-,32?/m1/s1. The van der Waals surface area contributed by atoms with Crippen molar-refractivity contribution in [2.24, 2.45) is 11.3 Å². The second-order valence-electron chi connectivity index (χ2n) is 11.5. The van der Waals surface area contributed by atoms with Gasteiger partial charge in [0.05, 0.1) is 25.4 Å². The van der Waals surface area contributed by atoms with Gasteiger partial charge in [-0.05, 0) is 75.6 Å². The minimum absolute atomic E-state index is 0.0129. The van der Waals surface area contributed by atoms with Crippen LogP contribution in [0.3, 0.4) is 0 Å². The van der Waals surface area contributed by atoms with E-state index in [0.29, 0.717) is 44.2 Å². The zero-order chi connectivity index (χ0) is 29.3. The molecule has 1 aliphatic heterocycles. The van der Waals surface area contributed by atoms with Crippen LogP contribution in [0.4, 0.5) is 0 Å². The van der Waals surface area contributed by atoms with Gasteiger partial charge < -0.3 is 33.5 Å². The smallest absolute Gasteiger partial charge is 0.331 e. The predicted molar refractivity (Wildman–Crippen MR) is 155 cm³/mol. The fourth-order valence-electron chi connectivity index (χ4n) is 5.90. The summed E-state index contributed by atoms with van der Waals surface area (Å²) in [6.07, 6.45) is 7.54. The van der Waals surface area contributed by atoms with Crippen LogP contribution in [0.25, 0.3) is 6.08 Å². The lowest BCUT2D eigenvalue weighted by atomic mass is 9.60. The molecular weight excluding hydrogens is 512 g/mol. The van der Waals surface area contributed by atoms with Gasteiger partial charge in [0.1, 0.15) is 18.8 Å². The van der Waals surface area contributed by atoms with Crippen molar-refractivity contribution in [3.05, 3.63) is 41.5 Å². The lowest BCUT2D eigenvalue weighted by molar-refractivity contribution is -0.178. The highest BCUT2D eigenvalue weighted by atomic mass is 16.6. The van der Waals surface area contributed by atoms with Crippen molar-refractivity contribution < 1.29 is 38.3 Å². The van der Waals surface area contributed by atoms with E-state index in [1.54, 1.807) is 26.4 Å². The molecule has 1 saturated heterocycles. The molecule has 1 unspecified atom stereocenters. The molecule has 0 amide bonds. The maximum atomic E-state index is 12.9. The van der Waals surface area contributed by atoms with Crippen LogP contribution >= 0.6 is 0 Å². The third kappa shape index (κ3) is 7.87. The number of benzene rings is 1. The normalized spacial score (nSPS) is 29.7. The van der Waals surface area contributed by atoms with Gasteiger partial charge in [-0.15, -0.1) is 0 Å². The summed E-state index contributed by atoms with van der Waals surface area (Å²) in [5, 5.41) is 10.4.